The van der Waals surface area contributed by atoms with Crippen LogP contribution in [0.3, 0.4) is 0 Å². The molecule has 1 aromatic carbocycles. The first kappa shape index (κ1) is 19.9. The quantitative estimate of drug-likeness (QED) is 0.320. The van der Waals surface area contributed by atoms with E-state index in [0.717, 1.165) is 29.8 Å². The molecule has 0 heterocycles. The highest BCUT2D eigenvalue weighted by Crippen LogP contribution is 2.27. The summed E-state index contributed by atoms with van der Waals surface area (Å²) in [6, 6.07) is 8.11. The number of rotatable bonds is 8. The van der Waals surface area contributed by atoms with Gasteiger partial charge in [-0.15, -0.1) is 0 Å². The van der Waals surface area contributed by atoms with Crippen LogP contribution in [0.25, 0.3) is 0 Å². The van der Waals surface area contributed by atoms with Crippen LogP contribution in [0.4, 0.5) is 5.69 Å². The first-order valence-electron chi connectivity index (χ1n) is 8.96. The Hall–Kier alpha value is -1.44. The minimum Gasteiger partial charge on any atom is -0.310 e. The van der Waals surface area contributed by atoms with E-state index in [2.05, 4.69) is 16.6 Å². The molecule has 1 fully saturated rings. The number of para-hydroxylation sites is 1. The first-order chi connectivity index (χ1) is 11.8. The van der Waals surface area contributed by atoms with Gasteiger partial charge >= 0.3 is 0 Å². The normalized spacial score (nSPS) is 17.7. The van der Waals surface area contributed by atoms with Crippen LogP contribution in [0.15, 0.2) is 28.7 Å². The molecule has 3 N–H and O–H groups in total. The van der Waals surface area contributed by atoms with Crippen LogP contribution in [-0.2, 0) is 16.6 Å². The SMILES string of the molecule is CC(CC1CCCCC1)NCc1ccccc1N(N)/C=N/S(C)(=O)=O. The van der Waals surface area contributed by atoms with Crippen molar-refractivity contribution in [2.24, 2.45) is 16.2 Å². The number of hydrazine groups is 1. The zero-order valence-electron chi connectivity index (χ0n) is 15.2. The molecule has 25 heavy (non-hydrogen) atoms. The molecule has 0 aliphatic heterocycles. The topological polar surface area (TPSA) is 87.8 Å². The van der Waals surface area contributed by atoms with Gasteiger partial charge in [0.2, 0.25) is 0 Å². The lowest BCUT2D eigenvalue weighted by Crippen LogP contribution is -2.33. The molecule has 1 atom stereocenters. The minimum absolute atomic E-state index is 0.437. The van der Waals surface area contributed by atoms with Gasteiger partial charge in [0.05, 0.1) is 11.9 Å². The van der Waals surface area contributed by atoms with Gasteiger partial charge in [-0.05, 0) is 30.9 Å². The molecular weight excluding hydrogens is 336 g/mol. The highest BCUT2D eigenvalue weighted by molar-refractivity contribution is 7.89. The maximum atomic E-state index is 11.2. The second-order valence-corrected chi connectivity index (χ2v) is 8.69. The standard InChI is InChI=1S/C18H30N4O2S/c1-15(12-16-8-4-3-5-9-16)20-13-17-10-6-7-11-18(17)22(19)14-21-25(2,23)24/h6-7,10-11,14-16,20H,3-5,8-9,12-13,19H2,1-2H3/b21-14+. The van der Waals surface area contributed by atoms with E-state index in [0.29, 0.717) is 12.6 Å². The second-order valence-electron chi connectivity index (χ2n) is 7.01. The second kappa shape index (κ2) is 9.31. The fourth-order valence-electron chi connectivity index (χ4n) is 3.40. The Labute approximate surface area is 151 Å². The fourth-order valence-corrected chi connectivity index (χ4v) is 3.67. The number of sulfonamides is 1. The highest BCUT2D eigenvalue weighted by Gasteiger charge is 2.16. The predicted molar refractivity (Wildman–Crippen MR) is 104 cm³/mol. The summed E-state index contributed by atoms with van der Waals surface area (Å²) in [4.78, 5) is 0. The van der Waals surface area contributed by atoms with E-state index < -0.39 is 10.0 Å². The van der Waals surface area contributed by atoms with Gasteiger partial charge in [0.15, 0.2) is 0 Å². The molecule has 2 rings (SSSR count). The molecule has 7 heteroatoms. The van der Waals surface area contributed by atoms with Crippen molar-refractivity contribution in [3.63, 3.8) is 0 Å². The average molecular weight is 367 g/mol. The van der Waals surface area contributed by atoms with E-state index in [4.69, 9.17) is 5.84 Å². The summed E-state index contributed by atoms with van der Waals surface area (Å²) >= 11 is 0. The number of anilines is 1. The lowest BCUT2D eigenvalue weighted by atomic mass is 9.85. The summed E-state index contributed by atoms with van der Waals surface area (Å²) in [5.41, 5.74) is 1.76. The summed E-state index contributed by atoms with van der Waals surface area (Å²) in [5.74, 6) is 6.78. The summed E-state index contributed by atoms with van der Waals surface area (Å²) in [6.07, 6.45) is 10.2. The summed E-state index contributed by atoms with van der Waals surface area (Å²) in [7, 11) is -3.45. The van der Waals surface area contributed by atoms with Gasteiger partial charge in [0.1, 0.15) is 6.34 Å². The van der Waals surface area contributed by atoms with Crippen molar-refractivity contribution in [3.05, 3.63) is 29.8 Å². The molecule has 140 valence electrons. The maximum absolute atomic E-state index is 11.2. The molecule has 0 aromatic heterocycles. The molecule has 1 aromatic rings. The lowest BCUT2D eigenvalue weighted by Gasteiger charge is -2.25. The molecule has 1 saturated carbocycles. The van der Waals surface area contributed by atoms with Crippen molar-refractivity contribution in [1.29, 1.82) is 0 Å². The van der Waals surface area contributed by atoms with Gasteiger partial charge < -0.3 is 5.32 Å². The van der Waals surface area contributed by atoms with E-state index in [1.807, 2.05) is 24.3 Å². The van der Waals surface area contributed by atoms with Crippen LogP contribution in [0.1, 0.15) is 51.0 Å². The number of nitrogens with two attached hydrogens (primary N) is 1. The van der Waals surface area contributed by atoms with Gasteiger partial charge in [-0.1, -0.05) is 50.3 Å². The lowest BCUT2D eigenvalue weighted by molar-refractivity contribution is 0.304. The number of nitrogens with one attached hydrogen (secondary N) is 1. The monoisotopic (exact) mass is 366 g/mol. The van der Waals surface area contributed by atoms with Crippen molar-refractivity contribution in [2.75, 3.05) is 11.3 Å². The fraction of sp³-hybridized carbons (Fsp3) is 0.611. The van der Waals surface area contributed by atoms with Crippen molar-refractivity contribution in [2.45, 2.75) is 58.0 Å². The van der Waals surface area contributed by atoms with Gasteiger partial charge in [-0.25, -0.2) is 14.3 Å². The molecule has 1 unspecified atom stereocenters. The smallest absolute Gasteiger partial charge is 0.251 e. The number of benzene rings is 1. The summed E-state index contributed by atoms with van der Waals surface area (Å²) in [6.45, 7) is 2.91. The Kier molecular flexibility index (Phi) is 7.40. The summed E-state index contributed by atoms with van der Waals surface area (Å²) in [5, 5.41) is 4.82. The van der Waals surface area contributed by atoms with Gasteiger partial charge in [0.25, 0.3) is 10.0 Å². The van der Waals surface area contributed by atoms with E-state index in [9.17, 15) is 8.42 Å². The Morgan fingerprint density at radius 1 is 1.32 bits per heavy atom. The molecule has 6 nitrogen and oxygen atoms in total. The van der Waals surface area contributed by atoms with Gasteiger partial charge in [-0.3, -0.25) is 5.01 Å². The Morgan fingerprint density at radius 2 is 2.00 bits per heavy atom. The average Bonchev–Trinajstić information content (AvgIpc) is 2.58. The molecule has 0 saturated heterocycles. The number of nitrogens with zero attached hydrogens (tertiary/aromatic N) is 2. The largest absolute Gasteiger partial charge is 0.310 e. The Balaban J connectivity index is 1.94. The number of hydrogen-bond acceptors (Lipinski definition) is 4. The van der Waals surface area contributed by atoms with Crippen LogP contribution in [-0.4, -0.2) is 27.1 Å². The van der Waals surface area contributed by atoms with Crippen LogP contribution < -0.4 is 16.2 Å². The van der Waals surface area contributed by atoms with Crippen molar-refractivity contribution < 1.29 is 8.42 Å². The molecule has 0 spiro atoms. The first-order valence-corrected chi connectivity index (χ1v) is 10.8. The molecule has 1 aliphatic rings. The third kappa shape index (κ3) is 7.13. The highest BCUT2D eigenvalue weighted by atomic mass is 32.2. The van der Waals surface area contributed by atoms with Gasteiger partial charge in [0, 0.05) is 12.6 Å². The molecule has 0 amide bonds. The van der Waals surface area contributed by atoms with Gasteiger partial charge in [-0.2, -0.15) is 4.40 Å². The van der Waals surface area contributed by atoms with Crippen molar-refractivity contribution in [1.82, 2.24) is 5.32 Å². The van der Waals surface area contributed by atoms with Crippen molar-refractivity contribution >= 4 is 22.0 Å². The zero-order valence-corrected chi connectivity index (χ0v) is 16.0. The molecule has 1 aliphatic carbocycles. The van der Waals surface area contributed by atoms with E-state index in [1.165, 1.54) is 43.5 Å². The molecule has 0 bridgehead atoms. The summed E-state index contributed by atoms with van der Waals surface area (Å²) < 4.78 is 25.8. The third-order valence-corrected chi connectivity index (χ3v) is 5.16. The number of hydrogen-bond donors (Lipinski definition) is 2. The zero-order chi connectivity index (χ0) is 18.3. The van der Waals surface area contributed by atoms with E-state index in [-0.39, 0.29) is 0 Å². The van der Waals surface area contributed by atoms with Crippen LogP contribution in [0.2, 0.25) is 0 Å². The van der Waals surface area contributed by atoms with Crippen molar-refractivity contribution in [3.8, 4) is 0 Å². The Bertz CT molecular complexity index is 669. The van der Waals surface area contributed by atoms with Crippen LogP contribution >= 0.6 is 0 Å². The molecular formula is C18H30N4O2S. The van der Waals surface area contributed by atoms with Crippen LogP contribution in [0, 0.1) is 5.92 Å². The molecule has 0 radical (unpaired) electrons. The Morgan fingerprint density at radius 3 is 2.68 bits per heavy atom. The maximum Gasteiger partial charge on any atom is 0.251 e. The van der Waals surface area contributed by atoms with E-state index in [1.54, 1.807) is 0 Å². The van der Waals surface area contributed by atoms with Crippen LogP contribution in [0.5, 0.6) is 0 Å². The predicted octanol–water partition coefficient (Wildman–Crippen LogP) is 2.80. The minimum atomic E-state index is -3.45. The van der Waals surface area contributed by atoms with E-state index >= 15 is 0 Å². The third-order valence-electron chi connectivity index (χ3n) is 4.69.